The van der Waals surface area contributed by atoms with Crippen molar-refractivity contribution in [2.75, 3.05) is 21.2 Å². The van der Waals surface area contributed by atoms with E-state index in [-0.39, 0.29) is 30.0 Å². The number of hydrogen-bond donors (Lipinski definition) is 0. The zero-order valence-electron chi connectivity index (χ0n) is 37.3. The van der Waals surface area contributed by atoms with Crippen LogP contribution in [-0.4, -0.2) is 117 Å². The first-order valence-corrected chi connectivity index (χ1v) is 30.3. The van der Waals surface area contributed by atoms with Crippen LogP contribution in [0.25, 0.3) is 0 Å². The molecule has 0 amide bonds. The molecule has 0 N–H and O–H groups in total. The number of Topliss-reactive ketones (excluding diaryl/α,β-unsaturated/α-hetero) is 1. The highest BCUT2D eigenvalue weighted by molar-refractivity contribution is 6.70. The number of rotatable bonds is 12. The summed E-state index contributed by atoms with van der Waals surface area (Å²) in [6.07, 6.45) is 1.09. The maximum Gasteiger partial charge on any atom is 0.311 e. The smallest absolute Gasteiger partial charge is 0.311 e. The highest BCUT2D eigenvalue weighted by Crippen LogP contribution is 2.41. The summed E-state index contributed by atoms with van der Waals surface area (Å²) >= 11 is 0. The fourth-order valence-corrected chi connectivity index (χ4v) is 12.1. The van der Waals surface area contributed by atoms with Gasteiger partial charge in [-0.05, 0) is 138 Å². The van der Waals surface area contributed by atoms with Crippen LogP contribution in [0, 0.1) is 17.8 Å². The van der Waals surface area contributed by atoms with Crippen LogP contribution in [0.1, 0.15) is 81.1 Å². The van der Waals surface area contributed by atoms with Crippen LogP contribution in [0.5, 0.6) is 0 Å². The van der Waals surface area contributed by atoms with Crippen LogP contribution < -0.4 is 0 Å². The monoisotopic (exact) mass is 802 g/mol. The van der Waals surface area contributed by atoms with Crippen LogP contribution in [0.15, 0.2) is 11.6 Å². The van der Waals surface area contributed by atoms with Gasteiger partial charge in [0, 0.05) is 25.0 Å². The van der Waals surface area contributed by atoms with Crippen LogP contribution in [-0.2, 0) is 41.8 Å². The van der Waals surface area contributed by atoms with Crippen LogP contribution >= 0.6 is 0 Å². The van der Waals surface area contributed by atoms with Crippen molar-refractivity contribution in [3.05, 3.63) is 11.6 Å². The van der Waals surface area contributed by atoms with Gasteiger partial charge in [-0.3, -0.25) is 9.59 Å². The Hall–Kier alpha value is -0.749. The molecule has 0 unspecified atom stereocenters. The molecule has 310 valence electrons. The predicted octanol–water partition coefficient (Wildman–Crippen LogP) is 8.43. The van der Waals surface area contributed by atoms with Crippen molar-refractivity contribution in [3.8, 4) is 0 Å². The lowest BCUT2D eigenvalue weighted by Crippen LogP contribution is -2.62. The number of allylic oxidation sites excluding steroid dienone is 1. The van der Waals surface area contributed by atoms with E-state index < -0.39 is 78.5 Å². The Morgan fingerprint density at radius 3 is 1.87 bits per heavy atom. The van der Waals surface area contributed by atoms with Crippen LogP contribution in [0.4, 0.5) is 0 Å². The number of carbonyl (C=O) groups is 2. The van der Waals surface area contributed by atoms with Crippen molar-refractivity contribution >= 4 is 36.7 Å². The number of nitrogens with zero attached hydrogens (tertiary/aromatic N) is 1. The van der Waals surface area contributed by atoms with Gasteiger partial charge in [0.2, 0.25) is 0 Å². The number of likely N-dealkylation sites (N-methyl/N-ethyl adjacent to an activating group) is 1. The van der Waals surface area contributed by atoms with Crippen molar-refractivity contribution in [2.45, 2.75) is 194 Å². The summed E-state index contributed by atoms with van der Waals surface area (Å²) in [6, 6.07) is 0.0532. The highest BCUT2D eigenvalue weighted by Gasteiger charge is 2.52. The van der Waals surface area contributed by atoms with Gasteiger partial charge < -0.3 is 37.1 Å². The van der Waals surface area contributed by atoms with Crippen LogP contribution in [0.3, 0.4) is 0 Å². The first-order chi connectivity index (χ1) is 24.0. The normalized spacial score (nSPS) is 38.6. The van der Waals surface area contributed by atoms with Crippen molar-refractivity contribution in [1.29, 1.82) is 0 Å². The maximum atomic E-state index is 14.5. The fourth-order valence-electron chi connectivity index (χ4n) is 8.25. The molecule has 0 saturated carbocycles. The molecule has 0 bridgehead atoms. The number of carbonyl (C=O) groups excluding carboxylic acids is 2. The molecular weight excluding hydrogens is 723 g/mol. The number of ketones is 1. The summed E-state index contributed by atoms with van der Waals surface area (Å²) in [5.41, 5.74) is -1.34. The Balaban J connectivity index is 2.93. The zero-order valence-corrected chi connectivity index (χ0v) is 40.3. The Labute approximate surface area is 327 Å². The molecule has 2 aliphatic rings. The Morgan fingerprint density at radius 2 is 1.42 bits per heavy atom. The molecule has 0 spiro atoms. The lowest BCUT2D eigenvalue weighted by Gasteiger charge is -2.50. The van der Waals surface area contributed by atoms with Gasteiger partial charge in [0.1, 0.15) is 17.8 Å². The Bertz CT molecular complexity index is 1250. The van der Waals surface area contributed by atoms with Crippen molar-refractivity contribution in [1.82, 2.24) is 4.90 Å². The lowest BCUT2D eigenvalue weighted by atomic mass is 9.76. The third kappa shape index (κ3) is 13.4. The molecule has 10 nitrogen and oxygen atoms in total. The van der Waals surface area contributed by atoms with Gasteiger partial charge >= 0.3 is 5.97 Å². The van der Waals surface area contributed by atoms with Gasteiger partial charge in [0.25, 0.3) is 0 Å². The SMILES string of the molecule is CC/C1=C\[C@](C)(O[Si](C)(C)C)[C@@H](CC)OC(=O)[C@H](C)[C@@H](O[Si](C)(C)C)[C@H](C)[C@@H](O[C@@H]2O[C@H](C)C[C@H](N(C)C)[C@H]2O[Si](C)(C)C)[C@@](C)(OC)C[C@@H](C)C1=O. The fraction of sp³-hybridized carbons (Fsp3) is 0.900. The quantitative estimate of drug-likeness (QED) is 0.141. The molecule has 0 aromatic rings. The van der Waals surface area contributed by atoms with Crippen molar-refractivity contribution in [3.63, 3.8) is 0 Å². The largest absolute Gasteiger partial charge is 0.459 e. The Morgan fingerprint density at radius 1 is 0.868 bits per heavy atom. The topological polar surface area (TPSA) is 102 Å². The third-order valence-corrected chi connectivity index (χ3v) is 13.6. The van der Waals surface area contributed by atoms with E-state index in [0.29, 0.717) is 24.8 Å². The molecule has 1 fully saturated rings. The molecule has 53 heavy (non-hydrogen) atoms. The second-order valence-corrected chi connectivity index (χ2v) is 32.8. The van der Waals surface area contributed by atoms with Gasteiger partial charge in [0.05, 0.1) is 29.8 Å². The third-order valence-electron chi connectivity index (χ3n) is 10.6. The molecule has 0 radical (unpaired) electrons. The average molecular weight is 802 g/mol. The van der Waals surface area contributed by atoms with E-state index >= 15 is 0 Å². The van der Waals surface area contributed by atoms with Gasteiger partial charge in [-0.2, -0.15) is 0 Å². The minimum absolute atomic E-state index is 0.0178. The Kier molecular flexibility index (Phi) is 17.1. The van der Waals surface area contributed by atoms with Crippen LogP contribution in [0.2, 0.25) is 58.9 Å². The van der Waals surface area contributed by atoms with E-state index in [1.54, 1.807) is 7.11 Å². The minimum atomic E-state index is -2.25. The summed E-state index contributed by atoms with van der Waals surface area (Å²) in [4.78, 5) is 31.2. The molecule has 2 aliphatic heterocycles. The summed E-state index contributed by atoms with van der Waals surface area (Å²) in [7, 11) is -0.680. The van der Waals surface area contributed by atoms with Gasteiger partial charge in [-0.25, -0.2) is 0 Å². The molecule has 0 aromatic heterocycles. The molecule has 0 aromatic carbocycles. The zero-order chi connectivity index (χ0) is 41.1. The van der Waals surface area contributed by atoms with Gasteiger partial charge in [0.15, 0.2) is 37.0 Å². The van der Waals surface area contributed by atoms with E-state index in [4.69, 9.17) is 32.2 Å². The van der Waals surface area contributed by atoms with E-state index in [1.165, 1.54) is 0 Å². The minimum Gasteiger partial charge on any atom is -0.459 e. The number of hydrogen-bond acceptors (Lipinski definition) is 10. The average Bonchev–Trinajstić information content (AvgIpc) is 3.01. The predicted molar refractivity (Wildman–Crippen MR) is 222 cm³/mol. The molecule has 13 heteroatoms. The van der Waals surface area contributed by atoms with E-state index in [2.05, 4.69) is 91.8 Å². The standard InChI is InChI=1S/C40H79NO9Si3/c1-21-30-25-39(7,50-53(18,19)20)32(22-2)46-37(43)29(6)34(48-51(12,13)14)28(5)36(40(8,44-11)24-26(3)33(30)42)47-38-35(49-52(15,16)17)31(41(9)10)23-27(4)45-38/h25-29,31-32,34-36,38H,21-24H2,1-20H3/b30-25+/t26-,27-,28+,29-,31+,32-,34+,35-,36-,38+,39+,40+/m1/s1. The number of methoxy groups -OCH3 is 1. The second kappa shape index (κ2) is 18.7. The number of cyclic esters (lactones) is 1. The van der Waals surface area contributed by atoms with Crippen molar-refractivity contribution in [2.24, 2.45) is 17.8 Å². The van der Waals surface area contributed by atoms with E-state index in [1.807, 2.05) is 47.6 Å². The van der Waals surface area contributed by atoms with E-state index in [9.17, 15) is 9.59 Å². The van der Waals surface area contributed by atoms with Gasteiger partial charge in [-0.1, -0.05) is 27.7 Å². The maximum absolute atomic E-state index is 14.5. The summed E-state index contributed by atoms with van der Waals surface area (Å²) < 4.78 is 47.6. The van der Waals surface area contributed by atoms with Gasteiger partial charge in [-0.15, -0.1) is 0 Å². The molecule has 12 atom stereocenters. The summed E-state index contributed by atoms with van der Waals surface area (Å²) in [5, 5.41) is 0. The lowest BCUT2D eigenvalue weighted by molar-refractivity contribution is -0.298. The van der Waals surface area contributed by atoms with E-state index in [0.717, 1.165) is 6.42 Å². The number of ether oxygens (including phenoxy) is 4. The number of esters is 1. The summed E-state index contributed by atoms with van der Waals surface area (Å²) in [6.45, 7) is 35.3. The molecule has 2 heterocycles. The highest BCUT2D eigenvalue weighted by atomic mass is 28.4. The molecule has 2 rings (SSSR count). The first kappa shape index (κ1) is 48.4. The molecule has 1 saturated heterocycles. The first-order valence-electron chi connectivity index (χ1n) is 20.1. The second-order valence-electron chi connectivity index (χ2n) is 19.4. The van der Waals surface area contributed by atoms with Crippen molar-refractivity contribution < 1.29 is 41.8 Å². The molecule has 0 aliphatic carbocycles. The molecular formula is C40H79NO9Si3. The summed E-state index contributed by atoms with van der Waals surface area (Å²) in [5.74, 6) is -1.82.